The second-order valence-electron chi connectivity index (χ2n) is 4.22. The van der Waals surface area contributed by atoms with E-state index in [-0.39, 0.29) is 12.5 Å². The van der Waals surface area contributed by atoms with E-state index >= 15 is 0 Å². The lowest BCUT2D eigenvalue weighted by atomic mass is 9.91. The van der Waals surface area contributed by atoms with E-state index in [4.69, 9.17) is 5.11 Å². The van der Waals surface area contributed by atoms with Crippen LogP contribution in [0.1, 0.15) is 13.8 Å². The number of nitrogens with zero attached hydrogens (tertiary/aromatic N) is 2. The second-order valence-corrected chi connectivity index (χ2v) is 4.22. The van der Waals surface area contributed by atoms with E-state index in [1.54, 1.807) is 27.9 Å². The maximum atomic E-state index is 11.6. The average Bonchev–Trinajstić information content (AvgIpc) is 2.01. The van der Waals surface area contributed by atoms with Crippen LogP contribution in [-0.4, -0.2) is 54.6 Å². The third-order valence-corrected chi connectivity index (χ3v) is 1.94. The molecule has 0 rings (SSSR count). The average molecular weight is 202 g/mol. The summed E-state index contributed by atoms with van der Waals surface area (Å²) in [7, 11) is 4.77. The van der Waals surface area contributed by atoms with Crippen LogP contribution in [0.5, 0.6) is 0 Å². The molecule has 1 N–H and O–H groups in total. The standard InChI is InChI=1S/C9H18N2O3/c1-9(2,7(12)10(3)4)6-11(5)8(13)14/h6H2,1-5H3,(H,13,14). The topological polar surface area (TPSA) is 60.9 Å². The zero-order valence-corrected chi connectivity index (χ0v) is 9.37. The van der Waals surface area contributed by atoms with Crippen molar-refractivity contribution in [2.24, 2.45) is 5.41 Å². The minimum Gasteiger partial charge on any atom is -0.465 e. The Morgan fingerprint density at radius 1 is 1.21 bits per heavy atom. The van der Waals surface area contributed by atoms with Gasteiger partial charge in [0, 0.05) is 27.7 Å². The lowest BCUT2D eigenvalue weighted by Crippen LogP contribution is -2.44. The van der Waals surface area contributed by atoms with Gasteiger partial charge >= 0.3 is 6.09 Å². The third-order valence-electron chi connectivity index (χ3n) is 1.94. The minimum atomic E-state index is -1.02. The highest BCUT2D eigenvalue weighted by Crippen LogP contribution is 2.18. The summed E-state index contributed by atoms with van der Waals surface area (Å²) in [6.07, 6.45) is -1.02. The molecule has 0 spiro atoms. The van der Waals surface area contributed by atoms with Gasteiger partial charge in [-0.1, -0.05) is 0 Å². The lowest BCUT2D eigenvalue weighted by molar-refractivity contribution is -0.138. The molecule has 0 radical (unpaired) electrons. The van der Waals surface area contributed by atoms with Crippen molar-refractivity contribution < 1.29 is 14.7 Å². The fourth-order valence-electron chi connectivity index (χ4n) is 1.33. The van der Waals surface area contributed by atoms with Gasteiger partial charge in [0.15, 0.2) is 0 Å². The summed E-state index contributed by atoms with van der Waals surface area (Å²) < 4.78 is 0. The Balaban J connectivity index is 4.48. The molecular formula is C9H18N2O3. The Morgan fingerprint density at radius 3 is 1.93 bits per heavy atom. The van der Waals surface area contributed by atoms with Crippen LogP contribution in [0.15, 0.2) is 0 Å². The first kappa shape index (κ1) is 12.7. The maximum Gasteiger partial charge on any atom is 0.407 e. The third kappa shape index (κ3) is 3.24. The highest BCUT2D eigenvalue weighted by molar-refractivity contribution is 5.82. The predicted molar refractivity (Wildman–Crippen MR) is 53.1 cm³/mol. The molecule has 0 saturated carbocycles. The SMILES string of the molecule is CN(C)C(=O)C(C)(C)CN(C)C(=O)O. The van der Waals surface area contributed by atoms with Gasteiger partial charge in [-0.05, 0) is 13.8 Å². The van der Waals surface area contributed by atoms with E-state index < -0.39 is 11.5 Å². The van der Waals surface area contributed by atoms with Crippen LogP contribution in [0.2, 0.25) is 0 Å². The first-order chi connectivity index (χ1) is 6.18. The van der Waals surface area contributed by atoms with E-state index in [0.717, 1.165) is 4.90 Å². The molecule has 14 heavy (non-hydrogen) atoms. The van der Waals surface area contributed by atoms with Crippen molar-refractivity contribution in [1.82, 2.24) is 9.80 Å². The van der Waals surface area contributed by atoms with Gasteiger partial charge in [0.05, 0.1) is 5.41 Å². The maximum absolute atomic E-state index is 11.6. The van der Waals surface area contributed by atoms with Gasteiger partial charge in [-0.25, -0.2) is 4.79 Å². The molecule has 0 saturated heterocycles. The van der Waals surface area contributed by atoms with Crippen molar-refractivity contribution in [2.45, 2.75) is 13.8 Å². The van der Waals surface area contributed by atoms with Crippen molar-refractivity contribution in [3.63, 3.8) is 0 Å². The Kier molecular flexibility index (Phi) is 3.92. The Hall–Kier alpha value is -1.26. The van der Waals surface area contributed by atoms with Gasteiger partial charge in [-0.2, -0.15) is 0 Å². The Morgan fingerprint density at radius 2 is 1.64 bits per heavy atom. The molecule has 0 atom stereocenters. The zero-order valence-electron chi connectivity index (χ0n) is 9.37. The lowest BCUT2D eigenvalue weighted by Gasteiger charge is -2.30. The molecule has 0 aromatic heterocycles. The van der Waals surface area contributed by atoms with Gasteiger partial charge < -0.3 is 14.9 Å². The monoisotopic (exact) mass is 202 g/mol. The molecule has 0 aliphatic heterocycles. The molecule has 5 nitrogen and oxygen atoms in total. The van der Waals surface area contributed by atoms with Gasteiger partial charge in [0.25, 0.3) is 0 Å². The first-order valence-corrected chi connectivity index (χ1v) is 4.34. The smallest absolute Gasteiger partial charge is 0.407 e. The fraction of sp³-hybridized carbons (Fsp3) is 0.778. The van der Waals surface area contributed by atoms with Gasteiger partial charge in [-0.15, -0.1) is 0 Å². The van der Waals surface area contributed by atoms with Crippen molar-refractivity contribution in [3.05, 3.63) is 0 Å². The van der Waals surface area contributed by atoms with Crippen LogP contribution in [0, 0.1) is 5.41 Å². The molecule has 5 heteroatoms. The quantitative estimate of drug-likeness (QED) is 0.733. The minimum absolute atomic E-state index is 0.0781. The summed E-state index contributed by atoms with van der Waals surface area (Å²) in [5.74, 6) is -0.0781. The summed E-state index contributed by atoms with van der Waals surface area (Å²) in [4.78, 5) is 24.8. The van der Waals surface area contributed by atoms with E-state index in [9.17, 15) is 9.59 Å². The molecule has 0 bridgehead atoms. The summed E-state index contributed by atoms with van der Waals surface area (Å²) >= 11 is 0. The van der Waals surface area contributed by atoms with Crippen molar-refractivity contribution in [1.29, 1.82) is 0 Å². The molecule has 0 aliphatic carbocycles. The molecule has 0 unspecified atom stereocenters. The molecule has 0 heterocycles. The van der Waals surface area contributed by atoms with Crippen LogP contribution in [0.25, 0.3) is 0 Å². The molecule has 0 aromatic carbocycles. The number of hydrogen-bond donors (Lipinski definition) is 1. The Labute approximate surface area is 84.3 Å². The highest BCUT2D eigenvalue weighted by Gasteiger charge is 2.31. The summed E-state index contributed by atoms with van der Waals surface area (Å²) in [5, 5.41) is 8.67. The summed E-state index contributed by atoms with van der Waals surface area (Å²) in [5.41, 5.74) is -0.684. The molecule has 0 aromatic rings. The fourth-order valence-corrected chi connectivity index (χ4v) is 1.33. The van der Waals surface area contributed by atoms with Crippen molar-refractivity contribution >= 4 is 12.0 Å². The van der Waals surface area contributed by atoms with Crippen LogP contribution in [-0.2, 0) is 4.79 Å². The van der Waals surface area contributed by atoms with Crippen LogP contribution in [0.3, 0.4) is 0 Å². The largest absolute Gasteiger partial charge is 0.465 e. The van der Waals surface area contributed by atoms with Gasteiger partial charge in [-0.3, -0.25) is 4.79 Å². The highest BCUT2D eigenvalue weighted by atomic mass is 16.4. The molecule has 2 amide bonds. The Bertz CT molecular complexity index is 236. The van der Waals surface area contributed by atoms with Crippen LogP contribution >= 0.6 is 0 Å². The number of rotatable bonds is 3. The number of hydrogen-bond acceptors (Lipinski definition) is 2. The zero-order chi connectivity index (χ0) is 11.5. The number of carbonyl (C=O) groups is 2. The van der Waals surface area contributed by atoms with E-state index in [1.165, 1.54) is 11.9 Å². The van der Waals surface area contributed by atoms with Crippen molar-refractivity contribution in [3.8, 4) is 0 Å². The molecule has 0 aliphatic rings. The molecular weight excluding hydrogens is 184 g/mol. The second kappa shape index (κ2) is 4.30. The van der Waals surface area contributed by atoms with E-state index in [0.29, 0.717) is 0 Å². The van der Waals surface area contributed by atoms with Crippen molar-refractivity contribution in [2.75, 3.05) is 27.7 Å². The number of carbonyl (C=O) groups excluding carboxylic acids is 1. The van der Waals surface area contributed by atoms with E-state index in [1.807, 2.05) is 0 Å². The first-order valence-electron chi connectivity index (χ1n) is 4.34. The predicted octanol–water partition coefficient (Wildman–Crippen LogP) is 0.711. The van der Waals surface area contributed by atoms with Crippen LogP contribution < -0.4 is 0 Å². The van der Waals surface area contributed by atoms with Crippen LogP contribution in [0.4, 0.5) is 4.79 Å². The number of carboxylic acid groups (broad SMARTS) is 1. The summed E-state index contributed by atoms with van der Waals surface area (Å²) in [6, 6.07) is 0. The normalized spacial score (nSPS) is 10.9. The summed E-state index contributed by atoms with van der Waals surface area (Å²) in [6.45, 7) is 3.66. The van der Waals surface area contributed by atoms with Gasteiger partial charge in [0.1, 0.15) is 0 Å². The molecule has 0 fully saturated rings. The number of amides is 2. The molecule has 82 valence electrons. The van der Waals surface area contributed by atoms with E-state index in [2.05, 4.69) is 0 Å². The van der Waals surface area contributed by atoms with Gasteiger partial charge in [0.2, 0.25) is 5.91 Å².